The van der Waals surface area contributed by atoms with E-state index in [0.717, 1.165) is 60.2 Å². The molecule has 4 aromatic rings. The molecule has 16 nitrogen and oxygen atoms in total. The molecule has 4 fully saturated rings. The van der Waals surface area contributed by atoms with E-state index in [-0.39, 0.29) is 41.6 Å². The molecule has 0 radical (unpaired) electrons. The van der Waals surface area contributed by atoms with Gasteiger partial charge in [0.15, 0.2) is 23.6 Å². The Balaban J connectivity index is 0.000000169. The summed E-state index contributed by atoms with van der Waals surface area (Å²) in [5, 5.41) is 8.92. The van der Waals surface area contributed by atoms with E-state index in [0.29, 0.717) is 45.1 Å². The molecule has 6 heterocycles. The third-order valence-corrected chi connectivity index (χ3v) is 11.4. The molecule has 354 valence electrons. The van der Waals surface area contributed by atoms with Crippen LogP contribution in [0.1, 0.15) is 77.6 Å². The molecule has 3 amide bonds. The summed E-state index contributed by atoms with van der Waals surface area (Å²) < 4.78 is 10.6. The fourth-order valence-electron chi connectivity index (χ4n) is 7.62. The molecule has 0 aliphatic carbocycles. The van der Waals surface area contributed by atoms with Crippen molar-refractivity contribution in [2.45, 2.75) is 77.4 Å². The Hall–Kier alpha value is -6.89. The van der Waals surface area contributed by atoms with Crippen LogP contribution in [0.3, 0.4) is 0 Å². The molecule has 2 aromatic heterocycles. The summed E-state index contributed by atoms with van der Waals surface area (Å²) in [6, 6.07) is 23.7. The van der Waals surface area contributed by atoms with Gasteiger partial charge in [-0.1, -0.05) is 60.7 Å². The highest BCUT2D eigenvalue weighted by molar-refractivity contribution is 5.93. The van der Waals surface area contributed by atoms with Crippen molar-refractivity contribution in [3.8, 4) is 29.0 Å². The monoisotopic (exact) mass is 913 g/mol. The van der Waals surface area contributed by atoms with E-state index in [4.69, 9.17) is 19.7 Å². The summed E-state index contributed by atoms with van der Waals surface area (Å²) in [5.41, 5.74) is 3.02. The Bertz CT molecular complexity index is 2380. The van der Waals surface area contributed by atoms with Crippen molar-refractivity contribution in [1.29, 1.82) is 5.26 Å². The highest BCUT2D eigenvalue weighted by Gasteiger charge is 2.38. The maximum absolute atomic E-state index is 12.4. The zero-order chi connectivity index (χ0) is 48.3. The lowest BCUT2D eigenvalue weighted by Gasteiger charge is -2.39. The number of amides is 3. The van der Waals surface area contributed by atoms with E-state index >= 15 is 0 Å². The zero-order valence-electron chi connectivity index (χ0n) is 40.0. The number of aromatic nitrogens is 4. The minimum absolute atomic E-state index is 0.0588. The van der Waals surface area contributed by atoms with Gasteiger partial charge in [0, 0.05) is 114 Å². The van der Waals surface area contributed by atoms with Crippen molar-refractivity contribution < 1.29 is 28.7 Å². The van der Waals surface area contributed by atoms with Gasteiger partial charge in [0.25, 0.3) is 0 Å². The molecule has 4 saturated heterocycles. The first-order valence-electron chi connectivity index (χ1n) is 22.9. The predicted molar refractivity (Wildman–Crippen MR) is 254 cm³/mol. The molecule has 0 unspecified atom stereocenters. The lowest BCUT2D eigenvalue weighted by atomic mass is 9.94. The van der Waals surface area contributed by atoms with Crippen molar-refractivity contribution in [1.82, 2.24) is 44.4 Å². The number of hydrogen-bond acceptors (Lipinski definition) is 13. The van der Waals surface area contributed by atoms with Crippen molar-refractivity contribution in [3.05, 3.63) is 109 Å². The van der Waals surface area contributed by atoms with E-state index < -0.39 is 11.2 Å². The number of allylic oxidation sites excluding steroid dienone is 1. The van der Waals surface area contributed by atoms with Gasteiger partial charge in [-0.3, -0.25) is 9.59 Å². The molecular formula is C51H64N10O6. The highest BCUT2D eigenvalue weighted by atomic mass is 16.6. The fourth-order valence-corrected chi connectivity index (χ4v) is 7.62. The van der Waals surface area contributed by atoms with Gasteiger partial charge in [-0.15, -0.1) is 0 Å². The van der Waals surface area contributed by atoms with Crippen molar-refractivity contribution in [2.24, 2.45) is 11.8 Å². The van der Waals surface area contributed by atoms with Crippen LogP contribution in [0.5, 0.6) is 0 Å². The number of ether oxygens (including phenoxy) is 2. The number of carbonyl (C=O) groups excluding carboxylic acids is 4. The number of likely N-dealkylation sites (tertiary alicyclic amines) is 4. The molecule has 0 saturated carbocycles. The summed E-state index contributed by atoms with van der Waals surface area (Å²) in [6.07, 6.45) is 9.89. The van der Waals surface area contributed by atoms with Gasteiger partial charge in [0.05, 0.1) is 17.3 Å². The largest absolute Gasteiger partial charge is 0.444 e. The van der Waals surface area contributed by atoms with Crippen LogP contribution < -0.4 is 0 Å². The minimum Gasteiger partial charge on any atom is -0.444 e. The zero-order valence-corrected chi connectivity index (χ0v) is 40.0. The highest BCUT2D eigenvalue weighted by Crippen LogP contribution is 2.31. The Morgan fingerprint density at radius 2 is 1.15 bits per heavy atom. The number of ketones is 1. The van der Waals surface area contributed by atoms with Crippen molar-refractivity contribution in [2.75, 3.05) is 66.5 Å². The summed E-state index contributed by atoms with van der Waals surface area (Å²) >= 11 is 0. The Morgan fingerprint density at radius 1 is 0.687 bits per heavy atom. The lowest BCUT2D eigenvalue weighted by Crippen LogP contribution is -2.54. The fraction of sp³-hybridized carbons (Fsp3) is 0.471. The summed E-state index contributed by atoms with van der Waals surface area (Å²) in [4.78, 5) is 74.5. The second-order valence-corrected chi connectivity index (χ2v) is 19.6. The van der Waals surface area contributed by atoms with E-state index in [2.05, 4.69) is 21.1 Å². The maximum Gasteiger partial charge on any atom is 0.410 e. The first-order chi connectivity index (χ1) is 31.8. The second-order valence-electron chi connectivity index (χ2n) is 19.6. The van der Waals surface area contributed by atoms with Gasteiger partial charge >= 0.3 is 12.2 Å². The van der Waals surface area contributed by atoms with Gasteiger partial charge in [-0.25, -0.2) is 29.5 Å². The van der Waals surface area contributed by atoms with Gasteiger partial charge < -0.3 is 34.0 Å². The van der Waals surface area contributed by atoms with E-state index in [1.165, 1.54) is 0 Å². The van der Waals surface area contributed by atoms with Crippen molar-refractivity contribution in [3.63, 3.8) is 0 Å². The van der Waals surface area contributed by atoms with E-state index in [1.54, 1.807) is 39.4 Å². The predicted octanol–water partition coefficient (Wildman–Crippen LogP) is 7.24. The SMILES string of the molecule is CC(C)(C)OC(=O)N1CC(c2ccnc(-c3ccccc3)n2)C1.CN(C)/C=C/C(=O)C1CN(C(=O)OC(C)(C)C)C1.N#CN1CC[C@@H](CC(=O)N2CC(c3ccnc(-c4ccccc4)n3)C2)C1. The molecule has 2 aromatic carbocycles. The second kappa shape index (κ2) is 22.1. The normalized spacial score (nSPS) is 17.4. The average Bonchev–Trinajstić information content (AvgIpc) is 3.69. The number of rotatable bonds is 9. The summed E-state index contributed by atoms with van der Waals surface area (Å²) in [6.45, 7) is 16.2. The Labute approximate surface area is 394 Å². The lowest BCUT2D eigenvalue weighted by molar-refractivity contribution is -0.136. The van der Waals surface area contributed by atoms with Crippen LogP contribution in [-0.4, -0.2) is 146 Å². The van der Waals surface area contributed by atoms with Gasteiger partial charge in [0.1, 0.15) is 11.2 Å². The molecule has 16 heteroatoms. The number of carbonyl (C=O) groups is 4. The third kappa shape index (κ3) is 14.5. The minimum atomic E-state index is -0.489. The van der Waals surface area contributed by atoms with Gasteiger partial charge in [0.2, 0.25) is 5.91 Å². The van der Waals surface area contributed by atoms with Crippen molar-refractivity contribution >= 4 is 23.9 Å². The molecule has 8 rings (SSSR count). The first kappa shape index (κ1) is 49.5. The third-order valence-electron chi connectivity index (χ3n) is 11.4. The Morgan fingerprint density at radius 3 is 1.58 bits per heavy atom. The Kier molecular flexibility index (Phi) is 16.3. The van der Waals surface area contributed by atoms with Crippen LogP contribution in [-0.2, 0) is 19.1 Å². The van der Waals surface area contributed by atoms with Crippen LogP contribution in [0.25, 0.3) is 22.8 Å². The van der Waals surface area contributed by atoms with E-state index in [1.807, 2.05) is 138 Å². The standard InChI is InChI=1S/C20H21N5O.C18H21N3O2.C13H22N2O3/c21-14-24-9-7-15(11-24)10-19(26)25-12-17(13-25)18-6-8-22-20(23-18)16-4-2-1-3-5-16;1-18(2,3)23-17(22)21-11-14(12-21)15-9-10-19-16(20-15)13-7-5-4-6-8-13;1-13(2,3)18-12(17)15-8-10(9-15)11(16)6-7-14(4)5/h1-6,8,15,17H,7,9-13H2;4-10,14H,11-12H2,1-3H3;6-7,10H,8-9H2,1-5H3/b;;7-6+/t15-;;/m0../s1. The van der Waals surface area contributed by atoms with Crippen LogP contribution in [0, 0.1) is 23.3 Å². The molecule has 0 bridgehead atoms. The molecular weight excluding hydrogens is 849 g/mol. The average molecular weight is 913 g/mol. The first-order valence-corrected chi connectivity index (χ1v) is 22.9. The maximum atomic E-state index is 12.4. The number of benzene rings is 2. The van der Waals surface area contributed by atoms with Crippen LogP contribution in [0.2, 0.25) is 0 Å². The number of hydrogen-bond donors (Lipinski definition) is 0. The van der Waals surface area contributed by atoms with Crippen LogP contribution in [0.15, 0.2) is 97.5 Å². The summed E-state index contributed by atoms with van der Waals surface area (Å²) in [5.74, 6) is 2.45. The molecule has 0 N–H and O–H groups in total. The summed E-state index contributed by atoms with van der Waals surface area (Å²) in [7, 11) is 3.72. The number of nitriles is 1. The molecule has 1 atom stereocenters. The molecule has 4 aliphatic rings. The quantitative estimate of drug-likeness (QED) is 0.121. The number of nitrogens with zero attached hydrogens (tertiary/aromatic N) is 10. The van der Waals surface area contributed by atoms with E-state index in [9.17, 15) is 19.2 Å². The molecule has 4 aliphatic heterocycles. The smallest absolute Gasteiger partial charge is 0.410 e. The molecule has 0 spiro atoms. The van der Waals surface area contributed by atoms with Gasteiger partial charge in [-0.05, 0) is 72.1 Å². The molecule has 67 heavy (non-hydrogen) atoms. The topological polar surface area (TPSA) is 178 Å². The van der Waals surface area contributed by atoms with Crippen LogP contribution in [0.4, 0.5) is 9.59 Å². The van der Waals surface area contributed by atoms with Gasteiger partial charge in [-0.2, -0.15) is 5.26 Å². The van der Waals surface area contributed by atoms with Crippen LogP contribution >= 0.6 is 0 Å².